The van der Waals surface area contributed by atoms with E-state index >= 15 is 0 Å². The number of carbonyl (C=O) groups is 1. The maximum Gasteiger partial charge on any atom is 0.259 e. The van der Waals surface area contributed by atoms with Crippen molar-refractivity contribution in [1.29, 1.82) is 0 Å². The molecule has 0 aliphatic rings. The monoisotopic (exact) mass is 309 g/mol. The van der Waals surface area contributed by atoms with Crippen LogP contribution in [0.1, 0.15) is 27.8 Å². The van der Waals surface area contributed by atoms with E-state index < -0.39 is 0 Å². The van der Waals surface area contributed by atoms with Crippen LogP contribution in [0.2, 0.25) is 0 Å². The highest BCUT2D eigenvalue weighted by Gasteiger charge is 2.02. The highest BCUT2D eigenvalue weighted by Crippen LogP contribution is 2.15. The normalized spacial score (nSPS) is 10.8. The van der Waals surface area contributed by atoms with Crippen LogP contribution in [0.25, 0.3) is 0 Å². The summed E-state index contributed by atoms with van der Waals surface area (Å²) in [6, 6.07) is 12.2. The molecule has 0 unspecified atom stereocenters. The number of nitrogens with one attached hydrogen (secondary N) is 2. The van der Waals surface area contributed by atoms with Crippen LogP contribution in [0.3, 0.4) is 0 Å². The Labute approximate surface area is 137 Å². The number of hydrogen-bond donors (Lipinski definition) is 2. The van der Waals surface area contributed by atoms with Crippen LogP contribution < -0.4 is 10.7 Å². The first-order valence-corrected chi connectivity index (χ1v) is 7.66. The van der Waals surface area contributed by atoms with E-state index in [9.17, 15) is 4.79 Å². The van der Waals surface area contributed by atoms with E-state index in [0.29, 0.717) is 0 Å². The lowest BCUT2D eigenvalue weighted by Gasteiger charge is -2.09. The minimum absolute atomic E-state index is 0.175. The van der Waals surface area contributed by atoms with Gasteiger partial charge in [-0.3, -0.25) is 4.79 Å². The third-order valence-corrected chi connectivity index (χ3v) is 3.64. The molecule has 0 aliphatic heterocycles. The second-order valence-corrected chi connectivity index (χ2v) is 5.83. The molecule has 0 spiro atoms. The third kappa shape index (κ3) is 4.95. The van der Waals surface area contributed by atoms with Crippen LogP contribution in [0, 0.1) is 27.7 Å². The number of anilines is 1. The molecule has 0 saturated carbocycles. The molecular weight excluding hydrogens is 286 g/mol. The summed E-state index contributed by atoms with van der Waals surface area (Å²) in [5.74, 6) is -0.175. The zero-order valence-electron chi connectivity index (χ0n) is 14.1. The number of carbonyl (C=O) groups excluding carboxylic acids is 1. The minimum Gasteiger partial charge on any atom is -0.376 e. The van der Waals surface area contributed by atoms with E-state index in [0.717, 1.165) is 22.4 Å². The fourth-order valence-corrected chi connectivity index (χ4v) is 2.37. The van der Waals surface area contributed by atoms with Crippen molar-refractivity contribution in [3.63, 3.8) is 0 Å². The smallest absolute Gasteiger partial charge is 0.259 e. The lowest BCUT2D eigenvalue weighted by atomic mass is 10.1. The Balaban J connectivity index is 1.86. The van der Waals surface area contributed by atoms with Crippen molar-refractivity contribution >= 4 is 17.8 Å². The van der Waals surface area contributed by atoms with Crippen LogP contribution >= 0.6 is 0 Å². The summed E-state index contributed by atoms with van der Waals surface area (Å²) in [5.41, 5.74) is 9.17. The summed E-state index contributed by atoms with van der Waals surface area (Å²) in [5, 5.41) is 7.14. The van der Waals surface area contributed by atoms with Gasteiger partial charge in [-0.25, -0.2) is 5.43 Å². The minimum atomic E-state index is -0.175. The number of nitrogens with zero attached hydrogens (tertiary/aromatic N) is 1. The summed E-state index contributed by atoms with van der Waals surface area (Å²) in [6.45, 7) is 8.33. The van der Waals surface area contributed by atoms with E-state index in [1.807, 2.05) is 45.0 Å². The number of aryl methyl sites for hydroxylation is 4. The SMILES string of the molecule is Cc1ccc(/C=N\NC(=O)CNc2ccc(C)cc2C)c(C)c1. The van der Waals surface area contributed by atoms with Gasteiger partial charge in [-0.15, -0.1) is 0 Å². The van der Waals surface area contributed by atoms with E-state index in [4.69, 9.17) is 0 Å². The van der Waals surface area contributed by atoms with Gasteiger partial charge in [-0.1, -0.05) is 41.5 Å². The largest absolute Gasteiger partial charge is 0.376 e. The Morgan fingerprint density at radius 2 is 1.65 bits per heavy atom. The average molecular weight is 309 g/mol. The molecule has 2 aromatic carbocycles. The Hall–Kier alpha value is -2.62. The number of rotatable bonds is 5. The van der Waals surface area contributed by atoms with Gasteiger partial charge >= 0.3 is 0 Å². The number of benzene rings is 2. The quantitative estimate of drug-likeness (QED) is 0.656. The van der Waals surface area contributed by atoms with Crippen LogP contribution in [0.5, 0.6) is 0 Å². The van der Waals surface area contributed by atoms with Crippen molar-refractivity contribution in [1.82, 2.24) is 5.43 Å². The molecule has 2 rings (SSSR count). The van der Waals surface area contributed by atoms with Gasteiger partial charge in [0.05, 0.1) is 12.8 Å². The van der Waals surface area contributed by atoms with Crippen molar-refractivity contribution < 1.29 is 4.79 Å². The predicted octanol–water partition coefficient (Wildman–Crippen LogP) is 3.48. The fraction of sp³-hybridized carbons (Fsp3) is 0.263. The van der Waals surface area contributed by atoms with E-state index in [1.54, 1.807) is 6.21 Å². The Kier molecular flexibility index (Phi) is 5.52. The molecule has 1 amide bonds. The fourth-order valence-electron chi connectivity index (χ4n) is 2.37. The van der Waals surface area contributed by atoms with Gasteiger partial charge in [0.1, 0.15) is 0 Å². The van der Waals surface area contributed by atoms with Gasteiger partial charge in [0, 0.05) is 5.69 Å². The molecule has 0 bridgehead atoms. The first kappa shape index (κ1) is 16.7. The maximum absolute atomic E-state index is 11.8. The Bertz CT molecular complexity index is 735. The number of hydrogen-bond acceptors (Lipinski definition) is 3. The molecule has 0 fully saturated rings. The predicted molar refractivity (Wildman–Crippen MR) is 96.1 cm³/mol. The summed E-state index contributed by atoms with van der Waals surface area (Å²) in [4.78, 5) is 11.8. The van der Waals surface area contributed by atoms with Crippen LogP contribution in [-0.2, 0) is 4.79 Å². The highest BCUT2D eigenvalue weighted by molar-refractivity contribution is 5.85. The van der Waals surface area contributed by atoms with Gasteiger partial charge < -0.3 is 5.32 Å². The first-order valence-electron chi connectivity index (χ1n) is 7.66. The van der Waals surface area contributed by atoms with Crippen LogP contribution in [-0.4, -0.2) is 18.7 Å². The molecule has 120 valence electrons. The molecule has 0 aromatic heterocycles. The van der Waals surface area contributed by atoms with Crippen molar-refractivity contribution in [3.05, 3.63) is 64.2 Å². The molecule has 4 nitrogen and oxygen atoms in total. The van der Waals surface area contributed by atoms with Gasteiger partial charge in [-0.2, -0.15) is 5.10 Å². The lowest BCUT2D eigenvalue weighted by molar-refractivity contribution is -0.119. The molecule has 0 atom stereocenters. The maximum atomic E-state index is 11.8. The average Bonchev–Trinajstić information content (AvgIpc) is 2.48. The summed E-state index contributed by atoms with van der Waals surface area (Å²) < 4.78 is 0. The zero-order valence-corrected chi connectivity index (χ0v) is 14.1. The molecule has 0 radical (unpaired) electrons. The topological polar surface area (TPSA) is 53.5 Å². The summed E-state index contributed by atoms with van der Waals surface area (Å²) >= 11 is 0. The van der Waals surface area contributed by atoms with Crippen molar-refractivity contribution in [3.8, 4) is 0 Å². The van der Waals surface area contributed by atoms with E-state index in [-0.39, 0.29) is 12.5 Å². The second kappa shape index (κ2) is 7.58. The van der Waals surface area contributed by atoms with Crippen molar-refractivity contribution in [2.75, 3.05) is 11.9 Å². The summed E-state index contributed by atoms with van der Waals surface area (Å²) in [7, 11) is 0. The number of hydrazone groups is 1. The Morgan fingerprint density at radius 3 is 2.30 bits per heavy atom. The van der Waals surface area contributed by atoms with Gasteiger partial charge in [-0.05, 0) is 50.5 Å². The molecule has 0 heterocycles. The van der Waals surface area contributed by atoms with Crippen LogP contribution in [0.15, 0.2) is 41.5 Å². The number of amides is 1. The molecule has 4 heteroatoms. The van der Waals surface area contributed by atoms with E-state index in [1.165, 1.54) is 11.1 Å². The second-order valence-electron chi connectivity index (χ2n) is 5.83. The molecule has 0 saturated heterocycles. The highest BCUT2D eigenvalue weighted by atomic mass is 16.2. The van der Waals surface area contributed by atoms with Gasteiger partial charge in [0.15, 0.2) is 0 Å². The zero-order chi connectivity index (χ0) is 16.8. The summed E-state index contributed by atoms with van der Waals surface area (Å²) in [6.07, 6.45) is 1.67. The van der Waals surface area contributed by atoms with Gasteiger partial charge in [0.25, 0.3) is 5.91 Å². The van der Waals surface area contributed by atoms with Crippen molar-refractivity contribution in [2.24, 2.45) is 5.10 Å². The molecule has 2 aromatic rings. The standard InChI is InChI=1S/C19H23N3O/c1-13-5-7-17(15(3)9-13)11-21-22-19(23)12-20-18-8-6-14(2)10-16(18)4/h5-11,20H,12H2,1-4H3,(H,22,23)/b21-11-. The lowest BCUT2D eigenvalue weighted by Crippen LogP contribution is -2.26. The Morgan fingerprint density at radius 1 is 1.00 bits per heavy atom. The first-order chi connectivity index (χ1) is 11.0. The molecule has 2 N–H and O–H groups in total. The molecule has 23 heavy (non-hydrogen) atoms. The van der Waals surface area contributed by atoms with Crippen molar-refractivity contribution in [2.45, 2.75) is 27.7 Å². The molecule has 0 aliphatic carbocycles. The molecular formula is C19H23N3O. The van der Waals surface area contributed by atoms with Gasteiger partial charge in [0.2, 0.25) is 0 Å². The van der Waals surface area contributed by atoms with E-state index in [2.05, 4.69) is 34.9 Å². The van der Waals surface area contributed by atoms with Crippen LogP contribution in [0.4, 0.5) is 5.69 Å². The third-order valence-electron chi connectivity index (χ3n) is 3.64.